The van der Waals surface area contributed by atoms with E-state index in [9.17, 15) is 9.59 Å². The monoisotopic (exact) mass is 230 g/mol. The molecule has 0 aromatic heterocycles. The Labute approximate surface area is 97.1 Å². The predicted octanol–water partition coefficient (Wildman–Crippen LogP) is 0.396. The van der Waals surface area contributed by atoms with E-state index in [0.717, 1.165) is 19.4 Å². The van der Waals surface area contributed by atoms with Crippen LogP contribution in [0.5, 0.6) is 0 Å². The summed E-state index contributed by atoms with van der Waals surface area (Å²) in [6.45, 7) is 4.89. The lowest BCUT2D eigenvalue weighted by atomic mass is 10.2. The van der Waals surface area contributed by atoms with E-state index in [1.54, 1.807) is 0 Å². The minimum Gasteiger partial charge on any atom is -0.467 e. The number of hydrogen-bond donors (Lipinski definition) is 1. The number of carbonyl (C=O) groups excluding carboxylic acids is 2. The third kappa shape index (κ3) is 6.40. The topological polar surface area (TPSA) is 58.6 Å². The second-order valence-corrected chi connectivity index (χ2v) is 3.89. The van der Waals surface area contributed by atoms with Crippen LogP contribution in [-0.4, -0.2) is 50.1 Å². The first-order valence-corrected chi connectivity index (χ1v) is 5.54. The van der Waals surface area contributed by atoms with Crippen molar-refractivity contribution in [3.8, 4) is 0 Å². The number of ether oxygens (including phenoxy) is 1. The second kappa shape index (κ2) is 8.10. The van der Waals surface area contributed by atoms with Gasteiger partial charge in [0.25, 0.3) is 0 Å². The quantitative estimate of drug-likeness (QED) is 0.643. The molecule has 0 radical (unpaired) electrons. The van der Waals surface area contributed by atoms with Gasteiger partial charge in [0.15, 0.2) is 0 Å². The van der Waals surface area contributed by atoms with Crippen LogP contribution in [0.1, 0.15) is 26.7 Å². The van der Waals surface area contributed by atoms with Crippen LogP contribution in [0.3, 0.4) is 0 Å². The summed E-state index contributed by atoms with van der Waals surface area (Å²) in [4.78, 5) is 24.3. The van der Waals surface area contributed by atoms with Gasteiger partial charge in [-0.3, -0.25) is 4.79 Å². The van der Waals surface area contributed by atoms with E-state index in [0.29, 0.717) is 6.54 Å². The maximum atomic E-state index is 11.4. The minimum absolute atomic E-state index is 0.223. The highest BCUT2D eigenvalue weighted by Gasteiger charge is 2.21. The van der Waals surface area contributed by atoms with Gasteiger partial charge in [0.1, 0.15) is 6.04 Å². The molecule has 1 N–H and O–H groups in total. The zero-order valence-electron chi connectivity index (χ0n) is 10.6. The number of nitrogens with zero attached hydrogens (tertiary/aromatic N) is 1. The molecule has 16 heavy (non-hydrogen) atoms. The fraction of sp³-hybridized carbons (Fsp3) is 0.818. The number of hydrogen-bond acceptors (Lipinski definition) is 4. The zero-order chi connectivity index (χ0) is 12.6. The van der Waals surface area contributed by atoms with Crippen molar-refractivity contribution in [2.45, 2.75) is 32.7 Å². The molecule has 5 nitrogen and oxygen atoms in total. The maximum absolute atomic E-state index is 11.4. The molecular weight excluding hydrogens is 208 g/mol. The Hall–Kier alpha value is -1.10. The Kier molecular flexibility index (Phi) is 7.54. The Morgan fingerprint density at radius 1 is 1.44 bits per heavy atom. The van der Waals surface area contributed by atoms with Gasteiger partial charge < -0.3 is 15.0 Å². The van der Waals surface area contributed by atoms with E-state index < -0.39 is 12.0 Å². The highest BCUT2D eigenvalue weighted by molar-refractivity contribution is 5.83. The maximum Gasteiger partial charge on any atom is 0.329 e. The summed E-state index contributed by atoms with van der Waals surface area (Å²) in [5.74, 6) is -0.627. The van der Waals surface area contributed by atoms with Crippen molar-refractivity contribution in [1.82, 2.24) is 10.2 Å². The molecule has 0 aromatic rings. The first kappa shape index (κ1) is 14.9. The molecular formula is C11H22N2O3. The molecule has 0 saturated heterocycles. The molecule has 0 heterocycles. The zero-order valence-corrected chi connectivity index (χ0v) is 10.6. The lowest BCUT2D eigenvalue weighted by Gasteiger charge is -2.22. The van der Waals surface area contributed by atoms with E-state index in [1.165, 1.54) is 14.0 Å². The van der Waals surface area contributed by atoms with Crippen LogP contribution in [0.4, 0.5) is 0 Å². The summed E-state index contributed by atoms with van der Waals surface area (Å²) in [6.07, 6.45) is 2.18. The second-order valence-electron chi connectivity index (χ2n) is 3.89. The molecule has 0 aliphatic heterocycles. The van der Waals surface area contributed by atoms with Gasteiger partial charge in [-0.2, -0.15) is 0 Å². The lowest BCUT2D eigenvalue weighted by Crippen LogP contribution is -2.47. The molecule has 0 saturated carbocycles. The fourth-order valence-corrected chi connectivity index (χ4v) is 1.40. The summed E-state index contributed by atoms with van der Waals surface area (Å²) in [5, 5.41) is 2.58. The van der Waals surface area contributed by atoms with Gasteiger partial charge in [-0.05, 0) is 20.0 Å². The number of nitrogens with one attached hydrogen (secondary N) is 1. The van der Waals surface area contributed by atoms with Crippen LogP contribution in [0.2, 0.25) is 0 Å². The Bertz CT molecular complexity index is 231. The van der Waals surface area contributed by atoms with Crippen molar-refractivity contribution >= 4 is 11.9 Å². The van der Waals surface area contributed by atoms with Crippen molar-refractivity contribution in [2.24, 2.45) is 0 Å². The van der Waals surface area contributed by atoms with Crippen molar-refractivity contribution in [3.05, 3.63) is 0 Å². The summed E-state index contributed by atoms with van der Waals surface area (Å²) >= 11 is 0. The SMILES string of the molecule is CCCCN(C)CC(NC(C)=O)C(=O)OC. The normalized spacial score (nSPS) is 12.3. The molecule has 1 amide bonds. The molecule has 1 unspecified atom stereocenters. The molecule has 0 fully saturated rings. The van der Waals surface area contributed by atoms with E-state index in [1.807, 2.05) is 11.9 Å². The Balaban J connectivity index is 4.19. The molecule has 0 aliphatic rings. The van der Waals surface area contributed by atoms with E-state index >= 15 is 0 Å². The molecule has 94 valence electrons. The number of unbranched alkanes of at least 4 members (excludes halogenated alkanes) is 1. The van der Waals surface area contributed by atoms with Crippen LogP contribution < -0.4 is 5.32 Å². The average molecular weight is 230 g/mol. The summed E-state index contributed by atoms with van der Waals surface area (Å²) in [6, 6.07) is -0.579. The largest absolute Gasteiger partial charge is 0.467 e. The van der Waals surface area contributed by atoms with Gasteiger partial charge in [-0.15, -0.1) is 0 Å². The van der Waals surface area contributed by atoms with Crippen LogP contribution in [0, 0.1) is 0 Å². The molecule has 0 spiro atoms. The standard InChI is InChI=1S/C11H22N2O3/c1-5-6-7-13(3)8-10(11(15)16-4)12-9(2)14/h10H,5-8H2,1-4H3,(H,12,14). The molecule has 5 heteroatoms. The highest BCUT2D eigenvalue weighted by atomic mass is 16.5. The van der Waals surface area contributed by atoms with Crippen molar-refractivity contribution in [1.29, 1.82) is 0 Å². The summed E-state index contributed by atoms with van der Waals surface area (Å²) in [7, 11) is 3.25. The van der Waals surface area contributed by atoms with E-state index in [2.05, 4.69) is 17.0 Å². The first-order chi connectivity index (χ1) is 7.51. The van der Waals surface area contributed by atoms with Crippen LogP contribution in [-0.2, 0) is 14.3 Å². The number of likely N-dealkylation sites (N-methyl/N-ethyl adjacent to an activating group) is 1. The average Bonchev–Trinajstić information content (AvgIpc) is 2.23. The highest BCUT2D eigenvalue weighted by Crippen LogP contribution is 1.96. The van der Waals surface area contributed by atoms with Gasteiger partial charge in [-0.1, -0.05) is 13.3 Å². The lowest BCUT2D eigenvalue weighted by molar-refractivity contribution is -0.145. The fourth-order valence-electron chi connectivity index (χ4n) is 1.40. The first-order valence-electron chi connectivity index (χ1n) is 5.54. The number of rotatable bonds is 7. The van der Waals surface area contributed by atoms with Crippen LogP contribution in [0.25, 0.3) is 0 Å². The predicted molar refractivity (Wildman–Crippen MR) is 62.0 cm³/mol. The Morgan fingerprint density at radius 2 is 2.06 bits per heavy atom. The molecule has 0 aromatic carbocycles. The third-order valence-electron chi connectivity index (χ3n) is 2.25. The van der Waals surface area contributed by atoms with Crippen molar-refractivity contribution in [2.75, 3.05) is 27.2 Å². The third-order valence-corrected chi connectivity index (χ3v) is 2.25. The van der Waals surface area contributed by atoms with Gasteiger partial charge in [0, 0.05) is 13.5 Å². The van der Waals surface area contributed by atoms with Crippen LogP contribution >= 0.6 is 0 Å². The summed E-state index contributed by atoms with van der Waals surface area (Å²) < 4.78 is 4.64. The number of amides is 1. The van der Waals surface area contributed by atoms with Crippen molar-refractivity contribution < 1.29 is 14.3 Å². The molecule has 0 aliphatic carbocycles. The molecule has 1 atom stereocenters. The molecule has 0 rings (SSSR count). The van der Waals surface area contributed by atoms with E-state index in [4.69, 9.17) is 0 Å². The van der Waals surface area contributed by atoms with Gasteiger partial charge in [-0.25, -0.2) is 4.79 Å². The van der Waals surface area contributed by atoms with Gasteiger partial charge >= 0.3 is 5.97 Å². The Morgan fingerprint density at radius 3 is 2.50 bits per heavy atom. The number of esters is 1. The number of methoxy groups -OCH3 is 1. The smallest absolute Gasteiger partial charge is 0.329 e. The van der Waals surface area contributed by atoms with Crippen LogP contribution in [0.15, 0.2) is 0 Å². The van der Waals surface area contributed by atoms with Gasteiger partial charge in [0.05, 0.1) is 7.11 Å². The molecule has 0 bridgehead atoms. The number of carbonyl (C=O) groups is 2. The van der Waals surface area contributed by atoms with Gasteiger partial charge in [0.2, 0.25) is 5.91 Å². The summed E-state index contributed by atoms with van der Waals surface area (Å²) in [5.41, 5.74) is 0. The van der Waals surface area contributed by atoms with E-state index in [-0.39, 0.29) is 5.91 Å². The minimum atomic E-state index is -0.579. The van der Waals surface area contributed by atoms with Crippen molar-refractivity contribution in [3.63, 3.8) is 0 Å².